The monoisotopic (exact) mass is 562 g/mol. The average Bonchev–Trinajstić information content (AvgIpc) is 3.20. The van der Waals surface area contributed by atoms with Gasteiger partial charge < -0.3 is 14.1 Å². The van der Waals surface area contributed by atoms with Gasteiger partial charge in [-0.2, -0.15) is 4.37 Å². The van der Waals surface area contributed by atoms with Crippen molar-refractivity contribution in [2.75, 3.05) is 32.8 Å². The number of nitrogens with zero attached hydrogens (tertiary/aromatic N) is 2. The number of ether oxygens (including phenoxy) is 1. The van der Waals surface area contributed by atoms with Crippen LogP contribution in [0.25, 0.3) is 21.3 Å². The van der Waals surface area contributed by atoms with Crippen molar-refractivity contribution in [3.05, 3.63) is 46.9 Å². The quantitative estimate of drug-likeness (QED) is 0.164. The van der Waals surface area contributed by atoms with E-state index in [1.54, 1.807) is 0 Å². The van der Waals surface area contributed by atoms with E-state index < -0.39 is 8.32 Å². The molecule has 0 fully saturated rings. The molecule has 0 aliphatic rings. The van der Waals surface area contributed by atoms with E-state index in [2.05, 4.69) is 108 Å². The molecular weight excluding hydrogens is 524 g/mol. The Kier molecular flexibility index (Phi) is 9.75. The molecule has 0 spiro atoms. The van der Waals surface area contributed by atoms with Gasteiger partial charge in [-0.3, -0.25) is 0 Å². The van der Waals surface area contributed by atoms with E-state index in [-0.39, 0.29) is 5.04 Å². The van der Waals surface area contributed by atoms with Gasteiger partial charge in [0.25, 0.3) is 0 Å². The zero-order valence-corrected chi connectivity index (χ0v) is 24.9. The highest BCUT2D eigenvalue weighted by Crippen LogP contribution is 2.36. The zero-order valence-electron chi connectivity index (χ0n) is 21.5. The second-order valence-corrected chi connectivity index (χ2v) is 16.8. The Hall–Kier alpha value is -1.25. The molecule has 3 aromatic rings. The van der Waals surface area contributed by atoms with Gasteiger partial charge in [0.05, 0.1) is 17.0 Å². The van der Waals surface area contributed by atoms with Crippen LogP contribution < -0.4 is 4.74 Å². The van der Waals surface area contributed by atoms with Crippen molar-refractivity contribution in [3.63, 3.8) is 0 Å². The van der Waals surface area contributed by atoms with Crippen LogP contribution in [-0.2, 0) is 4.43 Å². The molecule has 0 aliphatic heterocycles. The van der Waals surface area contributed by atoms with Gasteiger partial charge in [0, 0.05) is 28.6 Å². The number of aromatic nitrogens is 1. The molecule has 0 amide bonds. The van der Waals surface area contributed by atoms with Gasteiger partial charge in [0.15, 0.2) is 8.32 Å². The minimum absolute atomic E-state index is 0.268. The van der Waals surface area contributed by atoms with Gasteiger partial charge in [0.1, 0.15) is 5.75 Å². The molecule has 0 radical (unpaired) electrons. The number of hydrogen-bond acceptors (Lipinski definition) is 5. The molecule has 0 N–H and O–H groups in total. The molecule has 0 bridgehead atoms. The van der Waals surface area contributed by atoms with E-state index in [1.807, 2.05) is 0 Å². The minimum atomic E-state index is -1.66. The van der Waals surface area contributed by atoms with Gasteiger partial charge in [-0.1, -0.05) is 55.8 Å². The maximum absolute atomic E-state index is 6.35. The molecule has 0 atom stereocenters. The highest BCUT2D eigenvalue weighted by molar-refractivity contribution is 9.10. The Labute approximate surface area is 219 Å². The first-order valence-electron chi connectivity index (χ1n) is 12.3. The van der Waals surface area contributed by atoms with Gasteiger partial charge in [-0.05, 0) is 85.9 Å². The molecule has 186 valence electrons. The summed E-state index contributed by atoms with van der Waals surface area (Å²) in [5.41, 5.74) is 2.18. The molecule has 34 heavy (non-hydrogen) atoms. The number of hydrogen-bond donors (Lipinski definition) is 0. The van der Waals surface area contributed by atoms with Crippen LogP contribution in [0.5, 0.6) is 5.75 Å². The fraction of sp³-hybridized carbons (Fsp3) is 0.519. The SMILES string of the molecule is CCN(CCCCOc1ccc2c(-c3ccc(Br)cc3)nsc2c1)CCO[Si](C)(C)C(C)(C)C. The Morgan fingerprint density at radius 1 is 1.00 bits per heavy atom. The summed E-state index contributed by atoms with van der Waals surface area (Å²) in [6, 6.07) is 14.6. The minimum Gasteiger partial charge on any atom is -0.494 e. The number of unbranched alkanes of at least 4 members (excludes halogenated alkanes) is 1. The lowest BCUT2D eigenvalue weighted by atomic mass is 10.1. The van der Waals surface area contributed by atoms with E-state index in [1.165, 1.54) is 16.9 Å². The first-order valence-corrected chi connectivity index (χ1v) is 16.7. The summed E-state index contributed by atoms with van der Waals surface area (Å²) in [6.45, 7) is 18.5. The highest BCUT2D eigenvalue weighted by atomic mass is 79.9. The second kappa shape index (κ2) is 12.1. The van der Waals surface area contributed by atoms with E-state index in [9.17, 15) is 0 Å². The van der Waals surface area contributed by atoms with Crippen molar-refractivity contribution in [2.45, 2.75) is 58.7 Å². The standard InChI is InChI=1S/C27H39BrN2O2SSi/c1-7-30(17-19-32-34(5,6)27(2,3)4)16-8-9-18-31-23-14-15-24-25(20-23)33-29-26(24)21-10-12-22(28)13-11-21/h10-15,20H,7-9,16-19H2,1-6H3. The summed E-state index contributed by atoms with van der Waals surface area (Å²) in [6.07, 6.45) is 2.18. The Balaban J connectivity index is 1.42. The fourth-order valence-corrected chi connectivity index (χ4v) is 5.65. The molecule has 7 heteroatoms. The third-order valence-electron chi connectivity index (χ3n) is 6.82. The second-order valence-electron chi connectivity index (χ2n) is 10.3. The number of likely N-dealkylation sites (N-methyl/N-ethyl adjacent to an activating group) is 1. The smallest absolute Gasteiger partial charge is 0.192 e. The van der Waals surface area contributed by atoms with Crippen LogP contribution in [0.3, 0.4) is 0 Å². The molecule has 0 saturated carbocycles. The van der Waals surface area contributed by atoms with Crippen molar-refractivity contribution in [1.29, 1.82) is 0 Å². The van der Waals surface area contributed by atoms with Gasteiger partial charge >= 0.3 is 0 Å². The van der Waals surface area contributed by atoms with Gasteiger partial charge in [-0.25, -0.2) is 0 Å². The maximum Gasteiger partial charge on any atom is 0.192 e. The summed E-state index contributed by atoms with van der Waals surface area (Å²) in [7, 11) is -1.66. The zero-order chi connectivity index (χ0) is 24.8. The van der Waals surface area contributed by atoms with Crippen molar-refractivity contribution in [3.8, 4) is 17.0 Å². The van der Waals surface area contributed by atoms with Crippen LogP contribution in [-0.4, -0.2) is 50.4 Å². The molecule has 0 aliphatic carbocycles. The summed E-state index contributed by atoms with van der Waals surface area (Å²) in [5.74, 6) is 0.925. The molecule has 3 rings (SSSR count). The number of halogens is 1. The van der Waals surface area contributed by atoms with E-state index in [4.69, 9.17) is 9.16 Å². The van der Waals surface area contributed by atoms with Crippen LogP contribution in [0, 0.1) is 0 Å². The molecular formula is C27H39BrN2O2SSi. The van der Waals surface area contributed by atoms with Crippen LogP contribution in [0.15, 0.2) is 46.9 Å². The summed E-state index contributed by atoms with van der Waals surface area (Å²) in [4.78, 5) is 2.49. The Bertz CT molecular complexity index is 1050. The van der Waals surface area contributed by atoms with E-state index in [0.717, 1.165) is 71.9 Å². The summed E-state index contributed by atoms with van der Waals surface area (Å²) < 4.78 is 19.3. The predicted octanol–water partition coefficient (Wildman–Crippen LogP) is 8.23. The fourth-order valence-electron chi connectivity index (χ4n) is 3.53. The molecule has 0 unspecified atom stereocenters. The van der Waals surface area contributed by atoms with Crippen molar-refractivity contribution >= 4 is 45.9 Å². The van der Waals surface area contributed by atoms with Crippen molar-refractivity contribution in [2.24, 2.45) is 0 Å². The molecule has 2 aromatic carbocycles. The molecule has 4 nitrogen and oxygen atoms in total. The van der Waals surface area contributed by atoms with Crippen LogP contribution in [0.1, 0.15) is 40.5 Å². The molecule has 1 heterocycles. The Morgan fingerprint density at radius 3 is 2.41 bits per heavy atom. The maximum atomic E-state index is 6.35. The lowest BCUT2D eigenvalue weighted by Crippen LogP contribution is -2.42. The van der Waals surface area contributed by atoms with Crippen LogP contribution in [0.2, 0.25) is 18.1 Å². The number of benzene rings is 2. The number of fused-ring (bicyclic) bond motifs is 1. The molecule has 0 saturated heterocycles. The number of rotatable bonds is 12. The van der Waals surface area contributed by atoms with E-state index >= 15 is 0 Å². The lowest BCUT2D eigenvalue weighted by Gasteiger charge is -2.36. The summed E-state index contributed by atoms with van der Waals surface area (Å²) >= 11 is 5.03. The largest absolute Gasteiger partial charge is 0.494 e. The van der Waals surface area contributed by atoms with Gasteiger partial charge in [-0.15, -0.1) is 0 Å². The van der Waals surface area contributed by atoms with Crippen molar-refractivity contribution < 1.29 is 9.16 Å². The van der Waals surface area contributed by atoms with Crippen LogP contribution >= 0.6 is 27.5 Å². The van der Waals surface area contributed by atoms with Gasteiger partial charge in [0.2, 0.25) is 0 Å². The lowest BCUT2D eigenvalue weighted by molar-refractivity contribution is 0.197. The third-order valence-corrected chi connectivity index (χ3v) is 12.7. The Morgan fingerprint density at radius 2 is 1.74 bits per heavy atom. The van der Waals surface area contributed by atoms with Crippen LogP contribution in [0.4, 0.5) is 0 Å². The highest BCUT2D eigenvalue weighted by Gasteiger charge is 2.36. The third kappa shape index (κ3) is 7.37. The first-order chi connectivity index (χ1) is 16.1. The topological polar surface area (TPSA) is 34.6 Å². The predicted molar refractivity (Wildman–Crippen MR) is 153 cm³/mol. The average molecular weight is 564 g/mol. The molecule has 1 aromatic heterocycles. The normalized spacial score (nSPS) is 12.6. The van der Waals surface area contributed by atoms with Crippen molar-refractivity contribution in [1.82, 2.24) is 9.27 Å². The first kappa shape index (κ1) is 27.3. The van der Waals surface area contributed by atoms with E-state index in [0.29, 0.717) is 0 Å². The summed E-state index contributed by atoms with van der Waals surface area (Å²) in [5, 5.41) is 1.45.